The molecule has 8 heteroatoms. The van der Waals surface area contributed by atoms with Gasteiger partial charge in [0.1, 0.15) is 11.6 Å². The third kappa shape index (κ3) is 4.54. The summed E-state index contributed by atoms with van der Waals surface area (Å²) in [6, 6.07) is 12.6. The first-order chi connectivity index (χ1) is 14.0. The molecule has 1 aromatic heterocycles. The monoisotopic (exact) mass is 433 g/mol. The summed E-state index contributed by atoms with van der Waals surface area (Å²) in [6.45, 7) is 1.23. The van der Waals surface area contributed by atoms with E-state index in [1.54, 1.807) is 36.4 Å². The number of piperidine rings is 1. The Morgan fingerprint density at radius 3 is 2.83 bits per heavy atom. The molecule has 1 amide bonds. The number of halogens is 3. The molecule has 5 nitrogen and oxygen atoms in total. The number of hydrogen-bond acceptors (Lipinski definition) is 3. The average Bonchev–Trinajstić information content (AvgIpc) is 3.18. The second-order valence-corrected chi connectivity index (χ2v) is 7.75. The first kappa shape index (κ1) is 19.7. The molecule has 150 valence electrons. The van der Waals surface area contributed by atoms with Crippen LogP contribution in [0.5, 0.6) is 11.6 Å². The van der Waals surface area contributed by atoms with Crippen molar-refractivity contribution in [1.82, 2.24) is 15.1 Å². The molecule has 2 heterocycles. The van der Waals surface area contributed by atoms with Crippen molar-refractivity contribution in [3.05, 3.63) is 75.7 Å². The standard InChI is InChI=1S/C21H18Cl2FN3O2/c22-17-7-6-13(9-18(17)23)21(28)27-8-2-3-14(12-27)19-11-20(26-25-19)29-16-5-1-4-15(24)10-16/h1,4-7,9-11,14H,2-3,8,12H2,(H,25,26)/t14-/m0/s1. The summed E-state index contributed by atoms with van der Waals surface area (Å²) in [5, 5.41) is 7.92. The van der Waals surface area contributed by atoms with E-state index in [1.165, 1.54) is 12.1 Å². The molecule has 1 N–H and O–H groups in total. The normalized spacial score (nSPS) is 16.7. The minimum absolute atomic E-state index is 0.0796. The predicted molar refractivity (Wildman–Crippen MR) is 109 cm³/mol. The summed E-state index contributed by atoms with van der Waals surface area (Å²) in [6.07, 6.45) is 1.80. The molecule has 0 spiro atoms. The van der Waals surface area contributed by atoms with Crippen LogP contribution >= 0.6 is 23.2 Å². The SMILES string of the molecule is O=C(c1ccc(Cl)c(Cl)c1)N1CCC[C@H](c2cc(Oc3cccc(F)c3)n[nH]2)C1. The van der Waals surface area contributed by atoms with E-state index < -0.39 is 0 Å². The van der Waals surface area contributed by atoms with Crippen molar-refractivity contribution in [2.45, 2.75) is 18.8 Å². The van der Waals surface area contributed by atoms with E-state index in [0.29, 0.717) is 40.3 Å². The summed E-state index contributed by atoms with van der Waals surface area (Å²) in [7, 11) is 0. The van der Waals surface area contributed by atoms with Gasteiger partial charge in [0, 0.05) is 42.4 Å². The van der Waals surface area contributed by atoms with Crippen LogP contribution in [0.1, 0.15) is 34.8 Å². The van der Waals surface area contributed by atoms with Gasteiger partial charge >= 0.3 is 0 Å². The Bertz CT molecular complexity index is 1040. The third-order valence-corrected chi connectivity index (χ3v) is 5.65. The maximum atomic E-state index is 13.3. The molecule has 1 atom stereocenters. The maximum Gasteiger partial charge on any atom is 0.253 e. The number of carbonyl (C=O) groups excluding carboxylic acids is 1. The van der Waals surface area contributed by atoms with Crippen molar-refractivity contribution in [3.63, 3.8) is 0 Å². The van der Waals surface area contributed by atoms with E-state index >= 15 is 0 Å². The molecule has 29 heavy (non-hydrogen) atoms. The van der Waals surface area contributed by atoms with Crippen LogP contribution in [0.2, 0.25) is 10.0 Å². The quantitative estimate of drug-likeness (QED) is 0.576. The molecule has 3 aromatic rings. The van der Waals surface area contributed by atoms with Gasteiger partial charge in [-0.25, -0.2) is 4.39 Å². The lowest BCUT2D eigenvalue weighted by Gasteiger charge is -2.32. The summed E-state index contributed by atoms with van der Waals surface area (Å²) < 4.78 is 18.9. The molecule has 2 aromatic carbocycles. The number of nitrogens with one attached hydrogen (secondary N) is 1. The van der Waals surface area contributed by atoms with Crippen LogP contribution in [0.4, 0.5) is 4.39 Å². The Balaban J connectivity index is 1.45. The fraction of sp³-hybridized carbons (Fsp3) is 0.238. The number of carbonyl (C=O) groups is 1. The molecular formula is C21H18Cl2FN3O2. The minimum atomic E-state index is -0.373. The van der Waals surface area contributed by atoms with E-state index in [1.807, 2.05) is 4.90 Å². The van der Waals surface area contributed by atoms with E-state index in [0.717, 1.165) is 18.5 Å². The van der Waals surface area contributed by atoms with Gasteiger partial charge in [0.2, 0.25) is 5.88 Å². The molecule has 0 bridgehead atoms. The number of aromatic amines is 1. The van der Waals surface area contributed by atoms with Crippen molar-refractivity contribution >= 4 is 29.1 Å². The number of benzene rings is 2. The minimum Gasteiger partial charge on any atom is -0.437 e. The Hall–Kier alpha value is -2.57. The highest BCUT2D eigenvalue weighted by molar-refractivity contribution is 6.42. The topological polar surface area (TPSA) is 58.2 Å². The van der Waals surface area contributed by atoms with Crippen LogP contribution in [0.25, 0.3) is 0 Å². The zero-order valence-corrected chi connectivity index (χ0v) is 16.9. The zero-order valence-electron chi connectivity index (χ0n) is 15.4. The van der Waals surface area contributed by atoms with Crippen LogP contribution in [-0.2, 0) is 0 Å². The highest BCUT2D eigenvalue weighted by Gasteiger charge is 2.27. The van der Waals surface area contributed by atoms with E-state index in [4.69, 9.17) is 27.9 Å². The van der Waals surface area contributed by atoms with Crippen molar-refractivity contribution in [3.8, 4) is 11.6 Å². The Morgan fingerprint density at radius 2 is 2.03 bits per heavy atom. The smallest absolute Gasteiger partial charge is 0.253 e. The van der Waals surface area contributed by atoms with Crippen LogP contribution < -0.4 is 4.74 Å². The lowest BCUT2D eigenvalue weighted by molar-refractivity contribution is 0.0706. The molecule has 0 unspecified atom stereocenters. The first-order valence-electron chi connectivity index (χ1n) is 9.22. The van der Waals surface area contributed by atoms with Crippen molar-refractivity contribution in [1.29, 1.82) is 0 Å². The number of likely N-dealkylation sites (tertiary alicyclic amines) is 1. The van der Waals surface area contributed by atoms with Crippen LogP contribution in [0, 0.1) is 5.82 Å². The molecule has 1 saturated heterocycles. The van der Waals surface area contributed by atoms with Gasteiger partial charge < -0.3 is 9.64 Å². The number of hydrogen-bond donors (Lipinski definition) is 1. The van der Waals surface area contributed by atoms with Gasteiger partial charge in [-0.1, -0.05) is 29.3 Å². The number of H-pyrrole nitrogens is 1. The molecule has 1 aliphatic rings. The maximum absolute atomic E-state index is 13.3. The number of ether oxygens (including phenoxy) is 1. The van der Waals surface area contributed by atoms with Gasteiger partial charge in [-0.15, -0.1) is 5.10 Å². The summed E-state index contributed by atoms with van der Waals surface area (Å²) in [5.74, 6) is 0.389. The van der Waals surface area contributed by atoms with Crippen LogP contribution in [0.3, 0.4) is 0 Å². The Labute approximate surface area is 177 Å². The predicted octanol–water partition coefficient (Wildman–Crippen LogP) is 5.67. The van der Waals surface area contributed by atoms with Gasteiger partial charge in [0.25, 0.3) is 5.91 Å². The van der Waals surface area contributed by atoms with E-state index in [2.05, 4.69) is 10.2 Å². The van der Waals surface area contributed by atoms with E-state index in [-0.39, 0.29) is 17.6 Å². The lowest BCUT2D eigenvalue weighted by atomic mass is 9.94. The lowest BCUT2D eigenvalue weighted by Crippen LogP contribution is -2.39. The summed E-state index contributed by atoms with van der Waals surface area (Å²) in [5.41, 5.74) is 1.39. The second kappa shape index (κ2) is 8.43. The third-order valence-electron chi connectivity index (χ3n) is 4.91. The number of rotatable bonds is 4. The van der Waals surface area contributed by atoms with Gasteiger partial charge in [0.05, 0.1) is 10.0 Å². The van der Waals surface area contributed by atoms with Gasteiger partial charge in [-0.3, -0.25) is 9.89 Å². The van der Waals surface area contributed by atoms with Crippen molar-refractivity contribution in [2.24, 2.45) is 0 Å². The molecule has 4 rings (SSSR count). The largest absolute Gasteiger partial charge is 0.437 e. The fourth-order valence-electron chi connectivity index (χ4n) is 3.46. The fourth-order valence-corrected chi connectivity index (χ4v) is 3.76. The number of nitrogens with zero attached hydrogens (tertiary/aromatic N) is 2. The summed E-state index contributed by atoms with van der Waals surface area (Å²) >= 11 is 12.0. The molecule has 0 radical (unpaired) electrons. The van der Waals surface area contributed by atoms with Crippen LogP contribution in [-0.4, -0.2) is 34.1 Å². The van der Waals surface area contributed by atoms with E-state index in [9.17, 15) is 9.18 Å². The zero-order chi connectivity index (χ0) is 20.4. The van der Waals surface area contributed by atoms with Gasteiger partial charge in [-0.05, 0) is 43.2 Å². The highest BCUT2D eigenvalue weighted by atomic mass is 35.5. The summed E-state index contributed by atoms with van der Waals surface area (Å²) in [4.78, 5) is 14.7. The average molecular weight is 434 g/mol. The number of aromatic nitrogens is 2. The molecule has 0 aliphatic carbocycles. The molecule has 0 saturated carbocycles. The van der Waals surface area contributed by atoms with Gasteiger partial charge in [-0.2, -0.15) is 0 Å². The van der Waals surface area contributed by atoms with Crippen LogP contribution in [0.15, 0.2) is 48.5 Å². The van der Waals surface area contributed by atoms with Gasteiger partial charge in [0.15, 0.2) is 0 Å². The first-order valence-corrected chi connectivity index (χ1v) is 9.98. The Kier molecular flexibility index (Phi) is 5.74. The molecular weight excluding hydrogens is 416 g/mol. The van der Waals surface area contributed by atoms with Crippen molar-refractivity contribution < 1.29 is 13.9 Å². The Morgan fingerprint density at radius 1 is 1.17 bits per heavy atom. The highest BCUT2D eigenvalue weighted by Crippen LogP contribution is 2.30. The second-order valence-electron chi connectivity index (χ2n) is 6.94. The molecule has 1 aliphatic heterocycles. The molecule has 1 fully saturated rings. The van der Waals surface area contributed by atoms with Crippen molar-refractivity contribution in [2.75, 3.05) is 13.1 Å². The number of amides is 1.